The zero-order valence-corrected chi connectivity index (χ0v) is 14.7. The molecule has 0 heterocycles. The van der Waals surface area contributed by atoms with Crippen LogP contribution in [0.15, 0.2) is 0 Å². The van der Waals surface area contributed by atoms with Crippen LogP contribution in [-0.4, -0.2) is 23.5 Å². The maximum absolute atomic E-state index is 11.8. The highest BCUT2D eigenvalue weighted by atomic mass is 16.4. The van der Waals surface area contributed by atoms with Crippen molar-refractivity contribution in [3.05, 3.63) is 0 Å². The molecule has 0 aliphatic heterocycles. The molecule has 0 aromatic rings. The second-order valence-electron chi connectivity index (χ2n) is 6.39. The lowest BCUT2D eigenvalue weighted by atomic mass is 9.95. The first-order valence-corrected chi connectivity index (χ1v) is 9.01. The maximum Gasteiger partial charge on any atom is 0.307 e. The number of carboxylic acids is 1. The van der Waals surface area contributed by atoms with Crippen LogP contribution in [0.2, 0.25) is 0 Å². The molecule has 0 aromatic heterocycles. The summed E-state index contributed by atoms with van der Waals surface area (Å²) in [5, 5.41) is 11.7. The summed E-state index contributed by atoms with van der Waals surface area (Å²) in [6.07, 6.45) is 12.7. The first-order valence-electron chi connectivity index (χ1n) is 9.01. The van der Waals surface area contributed by atoms with Gasteiger partial charge in [0.1, 0.15) is 0 Å². The number of carbonyl (C=O) groups excluding carboxylic acids is 1. The Hall–Kier alpha value is -1.06. The quantitative estimate of drug-likeness (QED) is 0.468. The Morgan fingerprint density at radius 2 is 1.27 bits per heavy atom. The minimum atomic E-state index is -0.915. The van der Waals surface area contributed by atoms with E-state index in [4.69, 9.17) is 5.11 Å². The Labute approximate surface area is 136 Å². The average molecular weight is 313 g/mol. The van der Waals surface area contributed by atoms with Gasteiger partial charge in [-0.3, -0.25) is 9.59 Å². The topological polar surface area (TPSA) is 66.4 Å². The minimum absolute atomic E-state index is 0.147. The summed E-state index contributed by atoms with van der Waals surface area (Å²) in [7, 11) is 0. The van der Waals surface area contributed by atoms with Gasteiger partial charge < -0.3 is 10.4 Å². The minimum Gasteiger partial charge on any atom is -0.481 e. The van der Waals surface area contributed by atoms with Crippen LogP contribution in [-0.2, 0) is 9.59 Å². The fraction of sp³-hybridized carbons (Fsp3) is 0.889. The molecule has 2 atom stereocenters. The third-order valence-corrected chi connectivity index (χ3v) is 4.38. The third kappa shape index (κ3) is 10.6. The second-order valence-corrected chi connectivity index (χ2v) is 6.39. The van der Waals surface area contributed by atoms with Crippen molar-refractivity contribution >= 4 is 11.9 Å². The number of rotatable bonds is 14. The molecule has 0 unspecified atom stereocenters. The second kappa shape index (κ2) is 13.6. The van der Waals surface area contributed by atoms with E-state index in [9.17, 15) is 9.59 Å². The molecule has 0 aliphatic rings. The molecule has 1 amide bonds. The van der Waals surface area contributed by atoms with Crippen LogP contribution in [0.1, 0.15) is 85.0 Å². The van der Waals surface area contributed by atoms with Gasteiger partial charge in [-0.25, -0.2) is 0 Å². The highest BCUT2D eigenvalue weighted by Gasteiger charge is 2.25. The van der Waals surface area contributed by atoms with Crippen molar-refractivity contribution < 1.29 is 14.7 Å². The summed E-state index contributed by atoms with van der Waals surface area (Å²) < 4.78 is 0. The van der Waals surface area contributed by atoms with Crippen LogP contribution in [0.25, 0.3) is 0 Å². The lowest BCUT2D eigenvalue weighted by Gasteiger charge is -2.15. The summed E-state index contributed by atoms with van der Waals surface area (Å²) in [6, 6.07) is 0. The highest BCUT2D eigenvalue weighted by Crippen LogP contribution is 2.12. The van der Waals surface area contributed by atoms with Crippen molar-refractivity contribution in [1.29, 1.82) is 0 Å². The molecule has 0 saturated carbocycles. The Kier molecular flexibility index (Phi) is 12.9. The van der Waals surface area contributed by atoms with Crippen LogP contribution in [0, 0.1) is 11.8 Å². The summed E-state index contributed by atoms with van der Waals surface area (Å²) in [5.74, 6) is -2.17. The standard InChI is InChI=1S/C18H35NO3/c1-4-5-6-7-8-9-10-11-12-13-14-19-17(20)15(2)16(3)18(21)22/h15-16H,4-14H2,1-3H3,(H,19,20)(H,21,22)/t15-,16-/m1/s1. The fourth-order valence-electron chi connectivity index (χ4n) is 2.43. The predicted octanol–water partition coefficient (Wildman–Crippen LogP) is 4.38. The number of amides is 1. The van der Waals surface area contributed by atoms with E-state index in [1.165, 1.54) is 51.4 Å². The molecule has 0 aliphatic carbocycles. The zero-order valence-electron chi connectivity index (χ0n) is 14.7. The van der Waals surface area contributed by atoms with Gasteiger partial charge in [0, 0.05) is 12.5 Å². The number of hydrogen-bond acceptors (Lipinski definition) is 2. The monoisotopic (exact) mass is 313 g/mol. The number of unbranched alkanes of at least 4 members (excludes halogenated alkanes) is 9. The van der Waals surface area contributed by atoms with Crippen molar-refractivity contribution in [1.82, 2.24) is 5.32 Å². The molecule has 0 bridgehead atoms. The van der Waals surface area contributed by atoms with Gasteiger partial charge in [-0.15, -0.1) is 0 Å². The number of nitrogens with one attached hydrogen (secondary N) is 1. The fourth-order valence-corrected chi connectivity index (χ4v) is 2.43. The summed E-state index contributed by atoms with van der Waals surface area (Å²) in [4.78, 5) is 22.6. The van der Waals surface area contributed by atoms with E-state index in [1.54, 1.807) is 13.8 Å². The van der Waals surface area contributed by atoms with E-state index in [1.807, 2.05) is 0 Å². The molecule has 0 saturated heterocycles. The molecule has 0 radical (unpaired) electrons. The van der Waals surface area contributed by atoms with E-state index in [0.29, 0.717) is 6.54 Å². The van der Waals surface area contributed by atoms with Gasteiger partial charge >= 0.3 is 5.97 Å². The molecular formula is C18H35NO3. The normalized spacial score (nSPS) is 13.6. The van der Waals surface area contributed by atoms with E-state index in [2.05, 4.69) is 12.2 Å². The molecular weight excluding hydrogens is 278 g/mol. The van der Waals surface area contributed by atoms with Crippen molar-refractivity contribution in [2.24, 2.45) is 11.8 Å². The SMILES string of the molecule is CCCCCCCCCCCCNC(=O)[C@H](C)[C@@H](C)C(=O)O. The van der Waals surface area contributed by atoms with Gasteiger partial charge in [0.05, 0.1) is 5.92 Å². The molecule has 0 aromatic carbocycles. The van der Waals surface area contributed by atoms with Gasteiger partial charge in [0.2, 0.25) is 5.91 Å². The van der Waals surface area contributed by atoms with Crippen LogP contribution in [0.4, 0.5) is 0 Å². The molecule has 0 spiro atoms. The number of hydrogen-bond donors (Lipinski definition) is 2. The highest BCUT2D eigenvalue weighted by molar-refractivity contribution is 5.84. The Morgan fingerprint density at radius 3 is 1.73 bits per heavy atom. The number of aliphatic carboxylic acids is 1. The van der Waals surface area contributed by atoms with E-state index < -0.39 is 17.8 Å². The van der Waals surface area contributed by atoms with Crippen molar-refractivity contribution in [3.63, 3.8) is 0 Å². The molecule has 22 heavy (non-hydrogen) atoms. The van der Waals surface area contributed by atoms with Gasteiger partial charge in [0.25, 0.3) is 0 Å². The lowest BCUT2D eigenvalue weighted by Crippen LogP contribution is -2.35. The van der Waals surface area contributed by atoms with Gasteiger partial charge in [-0.1, -0.05) is 78.6 Å². The van der Waals surface area contributed by atoms with Crippen molar-refractivity contribution in [2.75, 3.05) is 6.54 Å². The number of carboxylic acid groups (broad SMARTS) is 1. The van der Waals surface area contributed by atoms with Gasteiger partial charge in [0.15, 0.2) is 0 Å². The molecule has 2 N–H and O–H groups in total. The summed E-state index contributed by atoms with van der Waals surface area (Å²) >= 11 is 0. The van der Waals surface area contributed by atoms with Crippen LogP contribution in [0.3, 0.4) is 0 Å². The predicted molar refractivity (Wildman–Crippen MR) is 90.8 cm³/mol. The zero-order chi connectivity index (χ0) is 16.8. The molecule has 0 rings (SSSR count). The molecule has 4 nitrogen and oxygen atoms in total. The summed E-state index contributed by atoms with van der Waals surface area (Å²) in [5.41, 5.74) is 0. The lowest BCUT2D eigenvalue weighted by molar-refractivity contribution is -0.146. The maximum atomic E-state index is 11.8. The molecule has 0 fully saturated rings. The van der Waals surface area contributed by atoms with Gasteiger partial charge in [-0.05, 0) is 6.42 Å². The van der Waals surface area contributed by atoms with E-state index in [0.717, 1.165) is 12.8 Å². The Balaban J connectivity index is 3.42. The Bertz CT molecular complexity index is 305. The van der Waals surface area contributed by atoms with Crippen molar-refractivity contribution in [3.8, 4) is 0 Å². The van der Waals surface area contributed by atoms with E-state index in [-0.39, 0.29) is 5.91 Å². The third-order valence-electron chi connectivity index (χ3n) is 4.38. The first kappa shape index (κ1) is 20.9. The van der Waals surface area contributed by atoms with Crippen LogP contribution in [0.5, 0.6) is 0 Å². The van der Waals surface area contributed by atoms with Crippen molar-refractivity contribution in [2.45, 2.75) is 85.0 Å². The molecule has 4 heteroatoms. The number of carbonyl (C=O) groups is 2. The smallest absolute Gasteiger partial charge is 0.307 e. The van der Waals surface area contributed by atoms with Gasteiger partial charge in [-0.2, -0.15) is 0 Å². The molecule has 130 valence electrons. The first-order chi connectivity index (χ1) is 10.5. The summed E-state index contributed by atoms with van der Waals surface area (Å²) in [6.45, 7) is 6.15. The average Bonchev–Trinajstić information content (AvgIpc) is 2.50. The van der Waals surface area contributed by atoms with Crippen LogP contribution < -0.4 is 5.32 Å². The van der Waals surface area contributed by atoms with Crippen LogP contribution >= 0.6 is 0 Å². The Morgan fingerprint density at radius 1 is 0.818 bits per heavy atom. The van der Waals surface area contributed by atoms with E-state index >= 15 is 0 Å². The largest absolute Gasteiger partial charge is 0.481 e.